The van der Waals surface area contributed by atoms with Crippen LogP contribution in [-0.2, 0) is 17.8 Å². The molecule has 3 aromatic rings. The Morgan fingerprint density at radius 3 is 2.84 bits per heavy atom. The Hall–Kier alpha value is -3.35. The lowest BCUT2D eigenvalue weighted by atomic mass is 9.96. The molecule has 1 atom stereocenters. The molecule has 4 rings (SSSR count). The van der Waals surface area contributed by atoms with E-state index in [9.17, 15) is 9.90 Å². The van der Waals surface area contributed by atoms with Crippen LogP contribution in [0, 0.1) is 0 Å². The van der Waals surface area contributed by atoms with Crippen molar-refractivity contribution in [1.82, 2.24) is 10.3 Å². The number of methoxy groups -OCH3 is 1. The number of ether oxygens (including phenoxy) is 2. The first-order valence-electron chi connectivity index (χ1n) is 10.2. The summed E-state index contributed by atoms with van der Waals surface area (Å²) in [6.45, 7) is 0.271. The highest BCUT2D eigenvalue weighted by Crippen LogP contribution is 2.40. The van der Waals surface area contributed by atoms with Gasteiger partial charge in [0.05, 0.1) is 25.3 Å². The molecule has 1 unspecified atom stereocenters. The fraction of sp³-hybridized carbons (Fsp3) is 0.200. The SMILES string of the molecule is COc1ccc(CO)c(-c2cc(Cl)c3c(c2)CC(CNC(=O)/C=C/c2ccncc2)O3)c1. The molecule has 0 bridgehead atoms. The van der Waals surface area contributed by atoms with Crippen molar-refractivity contribution in [3.63, 3.8) is 0 Å². The Balaban J connectivity index is 1.45. The van der Waals surface area contributed by atoms with E-state index in [0.29, 0.717) is 29.5 Å². The maximum Gasteiger partial charge on any atom is 0.244 e. The molecule has 1 amide bonds. The van der Waals surface area contributed by atoms with Gasteiger partial charge >= 0.3 is 0 Å². The summed E-state index contributed by atoms with van der Waals surface area (Å²) in [4.78, 5) is 16.1. The van der Waals surface area contributed by atoms with Crippen LogP contribution in [0.25, 0.3) is 17.2 Å². The number of carbonyl (C=O) groups is 1. The summed E-state index contributed by atoms with van der Waals surface area (Å²) < 4.78 is 11.3. The minimum atomic E-state index is -0.210. The molecule has 0 spiro atoms. The number of hydrogen-bond acceptors (Lipinski definition) is 5. The van der Waals surface area contributed by atoms with Crippen molar-refractivity contribution in [1.29, 1.82) is 0 Å². The number of aliphatic hydroxyl groups excluding tert-OH is 1. The molecule has 2 N–H and O–H groups in total. The molecule has 1 aliphatic heterocycles. The van der Waals surface area contributed by atoms with Gasteiger partial charge in [-0.2, -0.15) is 0 Å². The molecule has 0 aliphatic carbocycles. The quantitative estimate of drug-likeness (QED) is 0.531. The van der Waals surface area contributed by atoms with E-state index in [1.54, 1.807) is 25.6 Å². The third-order valence-corrected chi connectivity index (χ3v) is 5.57. The smallest absolute Gasteiger partial charge is 0.244 e. The fourth-order valence-corrected chi connectivity index (χ4v) is 3.95. The van der Waals surface area contributed by atoms with E-state index in [1.165, 1.54) is 6.08 Å². The number of carbonyl (C=O) groups excluding carboxylic acids is 1. The van der Waals surface area contributed by atoms with Crippen molar-refractivity contribution >= 4 is 23.6 Å². The molecule has 6 nitrogen and oxygen atoms in total. The predicted octanol–water partition coefficient (Wildman–Crippen LogP) is 4.04. The molecule has 2 aromatic carbocycles. The average molecular weight is 451 g/mol. The number of nitrogens with zero attached hydrogens (tertiary/aromatic N) is 1. The molecular formula is C25H23ClN2O4. The molecule has 0 radical (unpaired) electrons. The van der Waals surface area contributed by atoms with Gasteiger partial charge in [-0.25, -0.2) is 0 Å². The van der Waals surface area contributed by atoms with Crippen LogP contribution in [0.15, 0.2) is 60.9 Å². The van der Waals surface area contributed by atoms with Crippen LogP contribution >= 0.6 is 11.6 Å². The monoisotopic (exact) mass is 450 g/mol. The molecule has 1 aromatic heterocycles. The molecule has 7 heteroatoms. The zero-order valence-corrected chi connectivity index (χ0v) is 18.3. The maximum absolute atomic E-state index is 12.2. The summed E-state index contributed by atoms with van der Waals surface area (Å²) in [5.41, 5.74) is 4.38. The van der Waals surface area contributed by atoms with Gasteiger partial charge < -0.3 is 19.9 Å². The van der Waals surface area contributed by atoms with Crippen LogP contribution in [0.3, 0.4) is 0 Å². The lowest BCUT2D eigenvalue weighted by Crippen LogP contribution is -2.33. The first-order chi connectivity index (χ1) is 15.6. The Labute approximate surface area is 191 Å². The van der Waals surface area contributed by atoms with E-state index in [-0.39, 0.29) is 18.6 Å². The molecule has 164 valence electrons. The van der Waals surface area contributed by atoms with Crippen LogP contribution in [0.1, 0.15) is 16.7 Å². The molecule has 2 heterocycles. The van der Waals surface area contributed by atoms with Crippen molar-refractivity contribution in [2.24, 2.45) is 0 Å². The second-order valence-electron chi connectivity index (χ2n) is 7.43. The van der Waals surface area contributed by atoms with Crippen LogP contribution in [0.5, 0.6) is 11.5 Å². The number of aliphatic hydroxyl groups is 1. The Bertz CT molecular complexity index is 1150. The zero-order chi connectivity index (χ0) is 22.5. The van der Waals surface area contributed by atoms with Gasteiger partial charge in [-0.05, 0) is 64.7 Å². The Kier molecular flexibility index (Phi) is 6.73. The van der Waals surface area contributed by atoms with Crippen LogP contribution in [-0.4, -0.2) is 35.8 Å². The van der Waals surface area contributed by atoms with Crippen molar-refractivity contribution in [2.75, 3.05) is 13.7 Å². The van der Waals surface area contributed by atoms with E-state index in [0.717, 1.165) is 27.8 Å². The van der Waals surface area contributed by atoms with E-state index >= 15 is 0 Å². The summed E-state index contributed by atoms with van der Waals surface area (Å²) in [5, 5.41) is 13.1. The number of benzene rings is 2. The number of hydrogen-bond donors (Lipinski definition) is 2. The maximum atomic E-state index is 12.2. The second-order valence-corrected chi connectivity index (χ2v) is 7.84. The third-order valence-electron chi connectivity index (χ3n) is 5.29. The van der Waals surface area contributed by atoms with Crippen molar-refractivity contribution in [2.45, 2.75) is 19.1 Å². The number of nitrogens with one attached hydrogen (secondary N) is 1. The van der Waals surface area contributed by atoms with E-state index in [1.807, 2.05) is 42.5 Å². The lowest BCUT2D eigenvalue weighted by molar-refractivity contribution is -0.116. The van der Waals surface area contributed by atoms with Crippen molar-refractivity contribution in [3.05, 3.63) is 82.6 Å². The highest BCUT2D eigenvalue weighted by atomic mass is 35.5. The van der Waals surface area contributed by atoms with Gasteiger partial charge in [0, 0.05) is 30.5 Å². The normalized spacial score (nSPS) is 14.8. The summed E-state index contributed by atoms with van der Waals surface area (Å²) in [6.07, 6.45) is 6.98. The Morgan fingerprint density at radius 1 is 1.28 bits per heavy atom. The minimum Gasteiger partial charge on any atom is -0.497 e. The van der Waals surface area contributed by atoms with Crippen molar-refractivity contribution in [3.8, 4) is 22.6 Å². The highest BCUT2D eigenvalue weighted by molar-refractivity contribution is 6.32. The van der Waals surface area contributed by atoms with Crippen LogP contribution in [0.2, 0.25) is 5.02 Å². The minimum absolute atomic E-state index is 0.0911. The predicted molar refractivity (Wildman–Crippen MR) is 124 cm³/mol. The molecule has 0 fully saturated rings. The fourth-order valence-electron chi connectivity index (χ4n) is 3.67. The number of rotatable bonds is 7. The van der Waals surface area contributed by atoms with E-state index in [2.05, 4.69) is 10.3 Å². The summed E-state index contributed by atoms with van der Waals surface area (Å²) >= 11 is 6.52. The lowest BCUT2D eigenvalue weighted by Gasteiger charge is -2.13. The number of aromatic nitrogens is 1. The van der Waals surface area contributed by atoms with Gasteiger partial charge in [0.25, 0.3) is 0 Å². The number of pyridine rings is 1. The first kappa shape index (κ1) is 21.9. The van der Waals surface area contributed by atoms with Gasteiger partial charge in [-0.1, -0.05) is 17.7 Å². The Morgan fingerprint density at radius 2 is 2.09 bits per heavy atom. The second kappa shape index (κ2) is 9.85. The van der Waals surface area contributed by atoms with Gasteiger partial charge in [0.15, 0.2) is 0 Å². The van der Waals surface area contributed by atoms with Gasteiger partial charge in [0.2, 0.25) is 5.91 Å². The molecule has 0 saturated carbocycles. The van der Waals surface area contributed by atoms with E-state index < -0.39 is 0 Å². The molecule has 32 heavy (non-hydrogen) atoms. The molecule has 1 aliphatic rings. The van der Waals surface area contributed by atoms with Crippen molar-refractivity contribution < 1.29 is 19.4 Å². The largest absolute Gasteiger partial charge is 0.497 e. The van der Waals surface area contributed by atoms with Crippen LogP contribution < -0.4 is 14.8 Å². The summed E-state index contributed by atoms with van der Waals surface area (Å²) in [5.74, 6) is 1.14. The topological polar surface area (TPSA) is 80.7 Å². The summed E-state index contributed by atoms with van der Waals surface area (Å²) in [6, 6.07) is 13.0. The number of halogens is 1. The number of fused-ring (bicyclic) bond motifs is 1. The molecular weight excluding hydrogens is 428 g/mol. The first-order valence-corrected chi connectivity index (χ1v) is 10.6. The van der Waals surface area contributed by atoms with Gasteiger partial charge in [-0.15, -0.1) is 0 Å². The van der Waals surface area contributed by atoms with Gasteiger partial charge in [0.1, 0.15) is 17.6 Å². The van der Waals surface area contributed by atoms with Gasteiger partial charge in [-0.3, -0.25) is 9.78 Å². The average Bonchev–Trinajstić information content (AvgIpc) is 3.25. The number of amides is 1. The third kappa shape index (κ3) is 4.93. The highest BCUT2D eigenvalue weighted by Gasteiger charge is 2.26. The van der Waals surface area contributed by atoms with Crippen LogP contribution in [0.4, 0.5) is 0 Å². The molecule has 0 saturated heterocycles. The summed E-state index contributed by atoms with van der Waals surface area (Å²) in [7, 11) is 1.60. The zero-order valence-electron chi connectivity index (χ0n) is 17.5. The standard InChI is InChI=1S/C25H23ClN2O4/c1-31-20-4-3-17(15-29)22(13-20)18-10-19-11-21(32-25(19)23(26)12-18)14-28-24(30)5-2-16-6-8-27-9-7-16/h2-10,12-13,21,29H,11,14-15H2,1H3,(H,28,30)/b5-2+. The van der Waals surface area contributed by atoms with E-state index in [4.69, 9.17) is 21.1 Å².